The molecule has 0 bridgehead atoms. The fourth-order valence-electron chi connectivity index (χ4n) is 10.8. The van der Waals surface area contributed by atoms with E-state index in [1.54, 1.807) is 0 Å². The van der Waals surface area contributed by atoms with Crippen LogP contribution in [-0.4, -0.2) is 47.4 Å². The van der Waals surface area contributed by atoms with Gasteiger partial charge in [-0.2, -0.15) is 0 Å². The van der Waals surface area contributed by atoms with Gasteiger partial charge in [0.05, 0.1) is 25.4 Å². The van der Waals surface area contributed by atoms with E-state index in [4.69, 9.17) is 4.74 Å². The summed E-state index contributed by atoms with van der Waals surface area (Å²) in [4.78, 5) is 24.6. The SMILES string of the molecule is CCCCCCCCC/C=C\CCCCCCCC(=O)OCCCCCCCCCCC/C=C\C/C=C\CCCCCCCCCCCCCCCCCC(=O)NC(CO)C(O)CCCCCCCCCCCCCCC. The van der Waals surface area contributed by atoms with Gasteiger partial charge in [-0.05, 0) is 83.5 Å². The van der Waals surface area contributed by atoms with Crippen molar-refractivity contribution >= 4 is 11.9 Å². The molecule has 6 heteroatoms. The normalized spacial score (nSPS) is 12.7. The zero-order valence-corrected chi connectivity index (χ0v) is 52.0. The number of carbonyl (C=O) groups is 2. The van der Waals surface area contributed by atoms with Gasteiger partial charge in [-0.15, -0.1) is 0 Å². The van der Waals surface area contributed by atoms with Crippen molar-refractivity contribution in [3.63, 3.8) is 0 Å². The molecule has 3 N–H and O–H groups in total. The molecule has 0 saturated heterocycles. The molecular formula is C71H135NO5. The van der Waals surface area contributed by atoms with Crippen molar-refractivity contribution in [3.05, 3.63) is 36.5 Å². The van der Waals surface area contributed by atoms with Crippen LogP contribution in [0, 0.1) is 0 Å². The zero-order valence-electron chi connectivity index (χ0n) is 52.0. The van der Waals surface area contributed by atoms with E-state index in [-0.39, 0.29) is 18.5 Å². The molecule has 0 aromatic heterocycles. The van der Waals surface area contributed by atoms with Crippen molar-refractivity contribution in [2.45, 2.75) is 392 Å². The van der Waals surface area contributed by atoms with Gasteiger partial charge < -0.3 is 20.3 Å². The van der Waals surface area contributed by atoms with Crippen LogP contribution in [0.15, 0.2) is 36.5 Å². The number of hydrogen-bond donors (Lipinski definition) is 3. The highest BCUT2D eigenvalue weighted by atomic mass is 16.5. The maximum absolute atomic E-state index is 12.5. The molecule has 0 radical (unpaired) electrons. The van der Waals surface area contributed by atoms with E-state index in [1.807, 2.05) is 0 Å². The molecule has 6 nitrogen and oxygen atoms in total. The zero-order chi connectivity index (χ0) is 55.7. The third kappa shape index (κ3) is 63.1. The number of ether oxygens (including phenoxy) is 1. The van der Waals surface area contributed by atoms with Crippen LogP contribution in [0.2, 0.25) is 0 Å². The number of amides is 1. The van der Waals surface area contributed by atoms with Crippen LogP contribution in [0.5, 0.6) is 0 Å². The first-order valence-electron chi connectivity index (χ1n) is 34.7. The molecule has 454 valence electrons. The van der Waals surface area contributed by atoms with Crippen molar-refractivity contribution in [1.82, 2.24) is 5.32 Å². The van der Waals surface area contributed by atoms with Crippen LogP contribution in [0.1, 0.15) is 380 Å². The van der Waals surface area contributed by atoms with E-state index in [0.717, 1.165) is 51.4 Å². The molecule has 0 heterocycles. The molecule has 2 unspecified atom stereocenters. The van der Waals surface area contributed by atoms with Crippen molar-refractivity contribution in [2.75, 3.05) is 13.2 Å². The molecule has 1 amide bonds. The Hall–Kier alpha value is -1.92. The molecule has 0 aliphatic carbocycles. The summed E-state index contributed by atoms with van der Waals surface area (Å²) in [5.41, 5.74) is 0. The molecule has 0 spiro atoms. The molecule has 2 atom stereocenters. The maximum atomic E-state index is 12.5. The van der Waals surface area contributed by atoms with E-state index in [0.29, 0.717) is 25.9 Å². The molecule has 0 fully saturated rings. The van der Waals surface area contributed by atoms with E-state index >= 15 is 0 Å². The quantitative estimate of drug-likeness (QED) is 0.0320. The number of hydrogen-bond acceptors (Lipinski definition) is 5. The number of carbonyl (C=O) groups excluding carboxylic acids is 2. The monoisotopic (exact) mass is 1080 g/mol. The predicted octanol–water partition coefficient (Wildman–Crippen LogP) is 22.3. The highest BCUT2D eigenvalue weighted by Crippen LogP contribution is 2.18. The number of allylic oxidation sites excluding steroid dienone is 6. The van der Waals surface area contributed by atoms with Gasteiger partial charge in [0.25, 0.3) is 0 Å². The Kier molecular flexibility index (Phi) is 64.9. The standard InChI is InChI=1S/C71H135NO5/c1-3-5-7-9-11-13-15-17-18-37-41-45-49-53-57-61-65-71(76)77-66-62-58-54-50-46-42-38-35-33-31-29-27-25-23-21-19-20-22-24-26-28-30-32-34-36-40-44-48-52-56-60-64-70(75)72-68(67-73)69(74)63-59-55-51-47-43-39-16-14-12-10-8-6-4-2/h18,21,23,27,29,37,68-69,73-74H,3-17,19-20,22,24-26,28,30-36,38-67H2,1-2H3,(H,72,75)/b23-21-,29-27-,37-18-. The van der Waals surface area contributed by atoms with Gasteiger partial charge in [0.15, 0.2) is 0 Å². The van der Waals surface area contributed by atoms with Crippen molar-refractivity contribution < 1.29 is 24.5 Å². The first-order chi connectivity index (χ1) is 38.0. The Balaban J connectivity index is 3.38. The van der Waals surface area contributed by atoms with Crippen LogP contribution in [0.3, 0.4) is 0 Å². The highest BCUT2D eigenvalue weighted by Gasteiger charge is 2.20. The molecule has 0 aromatic rings. The Bertz CT molecular complexity index is 1250. The number of rotatable bonds is 65. The van der Waals surface area contributed by atoms with Crippen LogP contribution < -0.4 is 5.32 Å². The van der Waals surface area contributed by atoms with Crippen LogP contribution in [0.4, 0.5) is 0 Å². The molecule has 0 aromatic carbocycles. The number of aliphatic hydroxyl groups excluding tert-OH is 2. The van der Waals surface area contributed by atoms with Crippen LogP contribution in [-0.2, 0) is 14.3 Å². The van der Waals surface area contributed by atoms with Gasteiger partial charge in [0, 0.05) is 12.8 Å². The number of nitrogens with one attached hydrogen (secondary N) is 1. The first kappa shape index (κ1) is 75.1. The average molecular weight is 1080 g/mol. The van der Waals surface area contributed by atoms with Gasteiger partial charge >= 0.3 is 5.97 Å². The van der Waals surface area contributed by atoms with Gasteiger partial charge in [-0.25, -0.2) is 0 Å². The topological polar surface area (TPSA) is 95.9 Å². The van der Waals surface area contributed by atoms with Crippen molar-refractivity contribution in [3.8, 4) is 0 Å². The predicted molar refractivity (Wildman–Crippen MR) is 338 cm³/mol. The largest absolute Gasteiger partial charge is 0.466 e. The fraction of sp³-hybridized carbons (Fsp3) is 0.887. The fourth-order valence-corrected chi connectivity index (χ4v) is 10.8. The van der Waals surface area contributed by atoms with E-state index in [1.165, 1.54) is 295 Å². The Labute approximate surface area is 481 Å². The molecule has 0 aliphatic heterocycles. The summed E-state index contributed by atoms with van der Waals surface area (Å²) < 4.78 is 5.49. The molecule has 0 saturated carbocycles. The average Bonchev–Trinajstić information content (AvgIpc) is 3.43. The minimum absolute atomic E-state index is 0.00610. The number of aliphatic hydroxyl groups is 2. The van der Waals surface area contributed by atoms with Crippen LogP contribution in [0.25, 0.3) is 0 Å². The summed E-state index contributed by atoms with van der Waals surface area (Å²) in [5, 5.41) is 23.3. The van der Waals surface area contributed by atoms with Crippen LogP contribution >= 0.6 is 0 Å². The summed E-state index contributed by atoms with van der Waals surface area (Å²) in [6, 6.07) is -0.540. The molecule has 0 rings (SSSR count). The third-order valence-corrected chi connectivity index (χ3v) is 16.2. The van der Waals surface area contributed by atoms with E-state index in [9.17, 15) is 19.8 Å². The number of esters is 1. The van der Waals surface area contributed by atoms with Gasteiger partial charge in [0.1, 0.15) is 0 Å². The van der Waals surface area contributed by atoms with Gasteiger partial charge in [-0.1, -0.05) is 320 Å². The lowest BCUT2D eigenvalue weighted by Crippen LogP contribution is -2.45. The highest BCUT2D eigenvalue weighted by molar-refractivity contribution is 5.76. The molecule has 77 heavy (non-hydrogen) atoms. The van der Waals surface area contributed by atoms with E-state index in [2.05, 4.69) is 55.6 Å². The number of unbranched alkanes of at least 4 members (excludes halogenated alkanes) is 48. The lowest BCUT2D eigenvalue weighted by atomic mass is 10.0. The third-order valence-electron chi connectivity index (χ3n) is 16.2. The van der Waals surface area contributed by atoms with Crippen molar-refractivity contribution in [1.29, 1.82) is 0 Å². The minimum atomic E-state index is -0.663. The van der Waals surface area contributed by atoms with E-state index < -0.39 is 12.1 Å². The Morgan fingerprint density at radius 3 is 1.00 bits per heavy atom. The summed E-state index contributed by atoms with van der Waals surface area (Å²) >= 11 is 0. The second kappa shape index (κ2) is 66.6. The van der Waals surface area contributed by atoms with Gasteiger partial charge in [0.2, 0.25) is 5.91 Å². The summed E-state index contributed by atoms with van der Waals surface area (Å²) in [6.07, 6.45) is 84.8. The lowest BCUT2D eigenvalue weighted by Gasteiger charge is -2.22. The molecular weight excluding hydrogens is 947 g/mol. The first-order valence-corrected chi connectivity index (χ1v) is 34.7. The second-order valence-electron chi connectivity index (χ2n) is 23.9. The lowest BCUT2D eigenvalue weighted by molar-refractivity contribution is -0.143. The summed E-state index contributed by atoms with van der Waals surface area (Å²) in [6.45, 7) is 4.96. The summed E-state index contributed by atoms with van der Waals surface area (Å²) in [5.74, 6) is -0.0268. The van der Waals surface area contributed by atoms with Gasteiger partial charge in [-0.3, -0.25) is 9.59 Å². The Morgan fingerprint density at radius 1 is 0.364 bits per heavy atom. The summed E-state index contributed by atoms with van der Waals surface area (Å²) in [7, 11) is 0. The second-order valence-corrected chi connectivity index (χ2v) is 23.9. The smallest absolute Gasteiger partial charge is 0.305 e. The molecule has 0 aliphatic rings. The maximum Gasteiger partial charge on any atom is 0.305 e. The van der Waals surface area contributed by atoms with Crippen molar-refractivity contribution in [2.24, 2.45) is 0 Å². The minimum Gasteiger partial charge on any atom is -0.466 e. The Morgan fingerprint density at radius 2 is 0.649 bits per heavy atom.